The summed E-state index contributed by atoms with van der Waals surface area (Å²) in [7, 11) is 1.61. The van der Waals surface area contributed by atoms with E-state index in [-0.39, 0.29) is 5.91 Å². The normalized spacial score (nSPS) is 10.5. The van der Waals surface area contributed by atoms with Gasteiger partial charge in [-0.25, -0.2) is 0 Å². The van der Waals surface area contributed by atoms with Crippen molar-refractivity contribution in [1.82, 2.24) is 20.1 Å². The average Bonchev–Trinajstić information content (AvgIpc) is 3.30. The predicted molar refractivity (Wildman–Crippen MR) is 92.0 cm³/mol. The number of benzene rings is 1. The zero-order chi connectivity index (χ0) is 16.8. The number of amides is 1. The van der Waals surface area contributed by atoms with Crippen molar-refractivity contribution in [3.8, 4) is 17.0 Å². The van der Waals surface area contributed by atoms with Crippen molar-refractivity contribution in [2.45, 2.75) is 13.0 Å². The molecule has 0 aliphatic carbocycles. The van der Waals surface area contributed by atoms with Crippen LogP contribution in [-0.4, -0.2) is 34.3 Å². The molecule has 2 heterocycles. The number of ether oxygens (including phenoxy) is 1. The monoisotopic (exact) mass is 324 g/mol. The van der Waals surface area contributed by atoms with Crippen LogP contribution in [0.15, 0.2) is 54.9 Å². The first kappa shape index (κ1) is 15.9. The molecule has 0 atom stereocenters. The maximum absolute atomic E-state index is 12.2. The van der Waals surface area contributed by atoms with Crippen LogP contribution in [0.25, 0.3) is 11.3 Å². The van der Waals surface area contributed by atoms with Crippen molar-refractivity contribution in [3.63, 3.8) is 0 Å². The maximum atomic E-state index is 12.2. The zero-order valence-corrected chi connectivity index (χ0v) is 13.5. The zero-order valence-electron chi connectivity index (χ0n) is 13.5. The Morgan fingerprint density at radius 2 is 2.04 bits per heavy atom. The summed E-state index contributed by atoms with van der Waals surface area (Å²) >= 11 is 0. The molecule has 124 valence electrons. The third kappa shape index (κ3) is 3.65. The lowest BCUT2D eigenvalue weighted by Gasteiger charge is -2.05. The molecular weight excluding hydrogens is 304 g/mol. The van der Waals surface area contributed by atoms with E-state index in [1.165, 1.54) is 0 Å². The van der Waals surface area contributed by atoms with E-state index in [0.29, 0.717) is 17.9 Å². The number of aryl methyl sites for hydroxylation is 1. The predicted octanol–water partition coefficient (Wildman–Crippen LogP) is 2.71. The van der Waals surface area contributed by atoms with Gasteiger partial charge in [-0.3, -0.25) is 9.89 Å². The van der Waals surface area contributed by atoms with Gasteiger partial charge in [-0.2, -0.15) is 5.10 Å². The highest BCUT2D eigenvalue weighted by Crippen LogP contribution is 2.28. The van der Waals surface area contributed by atoms with E-state index in [1.807, 2.05) is 48.8 Å². The number of para-hydroxylation sites is 1. The van der Waals surface area contributed by atoms with Gasteiger partial charge in [0.05, 0.1) is 12.8 Å². The van der Waals surface area contributed by atoms with Crippen molar-refractivity contribution in [2.75, 3.05) is 13.7 Å². The number of H-pyrrole nitrogens is 1. The van der Waals surface area contributed by atoms with Crippen molar-refractivity contribution >= 4 is 5.91 Å². The van der Waals surface area contributed by atoms with E-state index < -0.39 is 0 Å². The molecule has 1 aromatic carbocycles. The van der Waals surface area contributed by atoms with Gasteiger partial charge >= 0.3 is 0 Å². The summed E-state index contributed by atoms with van der Waals surface area (Å²) < 4.78 is 7.41. The molecular formula is C18H20N4O2. The van der Waals surface area contributed by atoms with Crippen LogP contribution in [0.3, 0.4) is 0 Å². The molecule has 0 saturated heterocycles. The SMILES string of the molecule is COc1ccccc1-c1cc(C(=O)NCCCn2cccc2)[nH]n1. The van der Waals surface area contributed by atoms with Crippen LogP contribution in [0.1, 0.15) is 16.9 Å². The molecule has 24 heavy (non-hydrogen) atoms. The minimum absolute atomic E-state index is 0.156. The second-order valence-electron chi connectivity index (χ2n) is 5.40. The molecule has 6 heteroatoms. The quantitative estimate of drug-likeness (QED) is 0.656. The van der Waals surface area contributed by atoms with Crippen LogP contribution in [-0.2, 0) is 6.54 Å². The molecule has 3 aromatic rings. The summed E-state index contributed by atoms with van der Waals surface area (Å²) in [5, 5.41) is 9.90. The minimum atomic E-state index is -0.156. The van der Waals surface area contributed by atoms with Crippen molar-refractivity contribution < 1.29 is 9.53 Å². The summed E-state index contributed by atoms with van der Waals surface area (Å²) in [6.07, 6.45) is 4.89. The van der Waals surface area contributed by atoms with E-state index >= 15 is 0 Å². The van der Waals surface area contributed by atoms with Gasteiger partial charge in [0, 0.05) is 31.0 Å². The fraction of sp³-hybridized carbons (Fsp3) is 0.222. The van der Waals surface area contributed by atoms with E-state index in [2.05, 4.69) is 20.1 Å². The Bertz CT molecular complexity index is 793. The molecule has 2 N–H and O–H groups in total. The van der Waals surface area contributed by atoms with Gasteiger partial charge in [0.2, 0.25) is 0 Å². The van der Waals surface area contributed by atoms with E-state index in [4.69, 9.17) is 4.74 Å². The lowest BCUT2D eigenvalue weighted by Crippen LogP contribution is -2.25. The Kier molecular flexibility index (Phi) is 4.96. The number of aromatic nitrogens is 3. The molecule has 6 nitrogen and oxygen atoms in total. The lowest BCUT2D eigenvalue weighted by atomic mass is 10.1. The van der Waals surface area contributed by atoms with Crippen LogP contribution in [0, 0.1) is 0 Å². The number of carbonyl (C=O) groups excluding carboxylic acids is 1. The summed E-state index contributed by atoms with van der Waals surface area (Å²) in [6, 6.07) is 13.3. The number of nitrogens with one attached hydrogen (secondary N) is 2. The largest absolute Gasteiger partial charge is 0.496 e. The first-order chi connectivity index (χ1) is 11.8. The first-order valence-corrected chi connectivity index (χ1v) is 7.85. The molecule has 0 aliphatic rings. The number of carbonyl (C=O) groups is 1. The molecule has 0 radical (unpaired) electrons. The summed E-state index contributed by atoms with van der Waals surface area (Å²) in [4.78, 5) is 12.2. The molecule has 2 aromatic heterocycles. The maximum Gasteiger partial charge on any atom is 0.269 e. The van der Waals surface area contributed by atoms with Crippen LogP contribution in [0.5, 0.6) is 5.75 Å². The van der Waals surface area contributed by atoms with Gasteiger partial charge < -0.3 is 14.6 Å². The molecule has 0 saturated carbocycles. The van der Waals surface area contributed by atoms with Crippen LogP contribution >= 0.6 is 0 Å². The van der Waals surface area contributed by atoms with Crippen molar-refractivity contribution in [3.05, 3.63) is 60.6 Å². The van der Waals surface area contributed by atoms with Gasteiger partial charge in [-0.1, -0.05) is 12.1 Å². The highest BCUT2D eigenvalue weighted by molar-refractivity contribution is 5.93. The fourth-order valence-corrected chi connectivity index (χ4v) is 2.51. The Morgan fingerprint density at radius 3 is 2.83 bits per heavy atom. The standard InChI is InChI=1S/C18H20N4O2/c1-24-17-8-3-2-7-14(17)15-13-16(21-20-15)18(23)19-9-6-12-22-10-4-5-11-22/h2-5,7-8,10-11,13H,6,9,12H2,1H3,(H,19,23)(H,20,21). The number of methoxy groups -OCH3 is 1. The van der Waals surface area contributed by atoms with Crippen molar-refractivity contribution in [2.24, 2.45) is 0 Å². The average molecular weight is 324 g/mol. The number of hydrogen-bond donors (Lipinski definition) is 2. The van der Waals surface area contributed by atoms with Crippen LogP contribution in [0.4, 0.5) is 0 Å². The second kappa shape index (κ2) is 7.50. The van der Waals surface area contributed by atoms with Gasteiger partial charge in [0.25, 0.3) is 5.91 Å². The molecule has 0 unspecified atom stereocenters. The van der Waals surface area contributed by atoms with E-state index in [9.17, 15) is 4.79 Å². The third-order valence-corrected chi connectivity index (χ3v) is 3.75. The third-order valence-electron chi connectivity index (χ3n) is 3.75. The summed E-state index contributed by atoms with van der Waals surface area (Å²) in [5.41, 5.74) is 1.98. The number of aromatic amines is 1. The Labute approximate surface area is 140 Å². The molecule has 0 bridgehead atoms. The topological polar surface area (TPSA) is 71.9 Å². The highest BCUT2D eigenvalue weighted by Gasteiger charge is 2.13. The fourth-order valence-electron chi connectivity index (χ4n) is 2.51. The highest BCUT2D eigenvalue weighted by atomic mass is 16.5. The second-order valence-corrected chi connectivity index (χ2v) is 5.40. The van der Waals surface area contributed by atoms with Crippen LogP contribution < -0.4 is 10.1 Å². The lowest BCUT2D eigenvalue weighted by molar-refractivity contribution is 0.0947. The molecule has 0 spiro atoms. The smallest absolute Gasteiger partial charge is 0.269 e. The summed E-state index contributed by atoms with van der Waals surface area (Å²) in [6.45, 7) is 1.49. The van der Waals surface area contributed by atoms with Gasteiger partial charge in [0.15, 0.2) is 0 Å². The molecule has 0 aliphatic heterocycles. The Balaban J connectivity index is 1.57. The molecule has 3 rings (SSSR count). The van der Waals surface area contributed by atoms with Gasteiger partial charge in [-0.15, -0.1) is 0 Å². The molecule has 0 fully saturated rings. The Morgan fingerprint density at radius 1 is 1.25 bits per heavy atom. The minimum Gasteiger partial charge on any atom is -0.496 e. The number of hydrogen-bond acceptors (Lipinski definition) is 3. The van der Waals surface area contributed by atoms with E-state index in [1.54, 1.807) is 13.2 Å². The number of rotatable bonds is 7. The van der Waals surface area contributed by atoms with E-state index in [0.717, 1.165) is 24.3 Å². The van der Waals surface area contributed by atoms with Crippen LogP contribution in [0.2, 0.25) is 0 Å². The van der Waals surface area contributed by atoms with Crippen molar-refractivity contribution in [1.29, 1.82) is 0 Å². The Hall–Kier alpha value is -3.02. The number of nitrogens with zero attached hydrogens (tertiary/aromatic N) is 2. The van der Waals surface area contributed by atoms with Gasteiger partial charge in [-0.05, 0) is 36.8 Å². The summed E-state index contributed by atoms with van der Waals surface area (Å²) in [5.74, 6) is 0.568. The molecule has 1 amide bonds. The first-order valence-electron chi connectivity index (χ1n) is 7.85. The van der Waals surface area contributed by atoms with Gasteiger partial charge in [0.1, 0.15) is 11.4 Å².